The van der Waals surface area contributed by atoms with Crippen molar-refractivity contribution in [2.24, 2.45) is 0 Å². The predicted molar refractivity (Wildman–Crippen MR) is 85.2 cm³/mol. The van der Waals surface area contributed by atoms with E-state index >= 15 is 0 Å². The third-order valence-corrected chi connectivity index (χ3v) is 3.95. The van der Waals surface area contributed by atoms with E-state index in [-0.39, 0.29) is 18.0 Å². The Bertz CT molecular complexity index is 624. The van der Waals surface area contributed by atoms with Crippen molar-refractivity contribution in [2.45, 2.75) is 31.8 Å². The van der Waals surface area contributed by atoms with Crippen LogP contribution in [0, 0.1) is 0 Å². The zero-order chi connectivity index (χ0) is 14.7. The Balaban J connectivity index is 1.60. The van der Waals surface area contributed by atoms with Crippen LogP contribution in [0.25, 0.3) is 0 Å². The molecule has 1 aliphatic rings. The van der Waals surface area contributed by atoms with Gasteiger partial charge in [0.15, 0.2) is 0 Å². The monoisotopic (exact) mass is 280 g/mol. The number of amides is 1. The number of aryl methyl sites for hydroxylation is 1. The lowest BCUT2D eigenvalue weighted by Crippen LogP contribution is -2.34. The first-order valence-electron chi connectivity index (χ1n) is 7.44. The van der Waals surface area contributed by atoms with E-state index in [1.807, 2.05) is 30.3 Å². The Morgan fingerprint density at radius 2 is 1.81 bits per heavy atom. The molecule has 3 rings (SSSR count). The van der Waals surface area contributed by atoms with Gasteiger partial charge in [-0.3, -0.25) is 10.1 Å². The van der Waals surface area contributed by atoms with E-state index in [0.717, 1.165) is 24.1 Å². The molecule has 2 atom stereocenters. The average molecular weight is 280 g/mol. The molecule has 1 heterocycles. The van der Waals surface area contributed by atoms with Crippen LogP contribution >= 0.6 is 0 Å². The highest BCUT2D eigenvalue weighted by atomic mass is 16.2. The van der Waals surface area contributed by atoms with Crippen molar-refractivity contribution < 1.29 is 4.79 Å². The van der Waals surface area contributed by atoms with Gasteiger partial charge in [0.2, 0.25) is 5.91 Å². The highest BCUT2D eigenvalue weighted by Gasteiger charge is 2.30. The number of nitrogens with one attached hydrogen (secondary N) is 2. The molecule has 0 saturated carbocycles. The Morgan fingerprint density at radius 3 is 2.62 bits per heavy atom. The maximum Gasteiger partial charge on any atom is 0.246 e. The molecule has 3 heteroatoms. The molecule has 2 N–H and O–H groups in total. The van der Waals surface area contributed by atoms with Crippen LogP contribution in [-0.2, 0) is 11.2 Å². The standard InChI is InChI=1S/C18H20N2O/c1-13(11-12-14-7-3-2-4-8-14)19-17-15-9-5-6-10-16(15)20-18(17)21/h2-10,13,17,19H,11-12H2,1H3,(H,20,21). The van der Waals surface area contributed by atoms with E-state index in [9.17, 15) is 4.79 Å². The van der Waals surface area contributed by atoms with Crippen molar-refractivity contribution in [3.8, 4) is 0 Å². The molecular formula is C18H20N2O. The second kappa shape index (κ2) is 6.10. The van der Waals surface area contributed by atoms with Crippen molar-refractivity contribution in [3.05, 3.63) is 65.7 Å². The molecule has 2 unspecified atom stereocenters. The molecule has 0 radical (unpaired) electrons. The van der Waals surface area contributed by atoms with E-state index in [1.54, 1.807) is 0 Å². The lowest BCUT2D eigenvalue weighted by molar-refractivity contribution is -0.117. The summed E-state index contributed by atoms with van der Waals surface area (Å²) in [7, 11) is 0. The zero-order valence-corrected chi connectivity index (χ0v) is 12.2. The molecule has 0 saturated heterocycles. The van der Waals surface area contributed by atoms with Crippen LogP contribution < -0.4 is 10.6 Å². The highest BCUT2D eigenvalue weighted by molar-refractivity contribution is 6.02. The molecule has 1 amide bonds. The number of hydrogen-bond acceptors (Lipinski definition) is 2. The fourth-order valence-electron chi connectivity index (χ4n) is 2.77. The Labute approximate surface area is 125 Å². The SMILES string of the molecule is CC(CCc1ccccc1)NC1C(=O)Nc2ccccc21. The number of rotatable bonds is 5. The summed E-state index contributed by atoms with van der Waals surface area (Å²) in [6, 6.07) is 18.4. The maximum absolute atomic E-state index is 12.1. The first kappa shape index (κ1) is 13.8. The first-order chi connectivity index (χ1) is 10.2. The number of hydrogen-bond donors (Lipinski definition) is 2. The van der Waals surface area contributed by atoms with Crippen LogP contribution in [0.1, 0.15) is 30.5 Å². The molecule has 3 nitrogen and oxygen atoms in total. The third kappa shape index (κ3) is 3.14. The van der Waals surface area contributed by atoms with Gasteiger partial charge in [-0.1, -0.05) is 48.5 Å². The molecule has 21 heavy (non-hydrogen) atoms. The maximum atomic E-state index is 12.1. The topological polar surface area (TPSA) is 41.1 Å². The minimum atomic E-state index is -0.230. The van der Waals surface area contributed by atoms with Gasteiger partial charge in [0, 0.05) is 17.3 Å². The minimum absolute atomic E-state index is 0.0442. The van der Waals surface area contributed by atoms with E-state index in [2.05, 4.69) is 41.8 Å². The largest absolute Gasteiger partial charge is 0.324 e. The summed E-state index contributed by atoms with van der Waals surface area (Å²) in [5.41, 5.74) is 3.31. The lowest BCUT2D eigenvalue weighted by atomic mass is 10.0. The van der Waals surface area contributed by atoms with Crippen LogP contribution in [0.4, 0.5) is 5.69 Å². The second-order valence-corrected chi connectivity index (χ2v) is 5.60. The number of carbonyl (C=O) groups is 1. The fraction of sp³-hybridized carbons (Fsp3) is 0.278. The van der Waals surface area contributed by atoms with E-state index in [1.165, 1.54) is 5.56 Å². The van der Waals surface area contributed by atoms with Crippen molar-refractivity contribution in [1.82, 2.24) is 5.32 Å². The normalized spacial score (nSPS) is 18.1. The van der Waals surface area contributed by atoms with Crippen LogP contribution in [0.3, 0.4) is 0 Å². The van der Waals surface area contributed by atoms with Crippen LogP contribution in [0.2, 0.25) is 0 Å². The Morgan fingerprint density at radius 1 is 1.10 bits per heavy atom. The van der Waals surface area contributed by atoms with Gasteiger partial charge in [0.05, 0.1) is 0 Å². The summed E-state index contributed by atoms with van der Waals surface area (Å²) in [6.07, 6.45) is 2.03. The summed E-state index contributed by atoms with van der Waals surface area (Å²) in [4.78, 5) is 12.1. The number of benzene rings is 2. The molecule has 1 aliphatic heterocycles. The second-order valence-electron chi connectivity index (χ2n) is 5.60. The van der Waals surface area contributed by atoms with Crippen LogP contribution in [-0.4, -0.2) is 11.9 Å². The molecule has 2 aromatic carbocycles. The van der Waals surface area contributed by atoms with Gasteiger partial charge < -0.3 is 5.32 Å². The summed E-state index contributed by atoms with van der Waals surface area (Å²) in [5, 5.41) is 6.37. The Kier molecular flexibility index (Phi) is 4.02. The molecule has 2 aromatic rings. The van der Waals surface area contributed by atoms with Crippen molar-refractivity contribution in [1.29, 1.82) is 0 Å². The number of anilines is 1. The summed E-state index contributed by atoms with van der Waals surface area (Å²) in [5.74, 6) is 0.0442. The van der Waals surface area contributed by atoms with Gasteiger partial charge in [0.1, 0.15) is 6.04 Å². The number of carbonyl (C=O) groups excluding carboxylic acids is 1. The van der Waals surface area contributed by atoms with Crippen LogP contribution in [0.5, 0.6) is 0 Å². The molecule has 0 aliphatic carbocycles. The van der Waals surface area contributed by atoms with Gasteiger partial charge in [0.25, 0.3) is 0 Å². The molecule has 0 fully saturated rings. The first-order valence-corrected chi connectivity index (χ1v) is 7.44. The minimum Gasteiger partial charge on any atom is -0.324 e. The molecule has 108 valence electrons. The fourth-order valence-corrected chi connectivity index (χ4v) is 2.77. The zero-order valence-electron chi connectivity index (χ0n) is 12.2. The van der Waals surface area contributed by atoms with E-state index in [4.69, 9.17) is 0 Å². The van der Waals surface area contributed by atoms with Crippen molar-refractivity contribution >= 4 is 11.6 Å². The number of fused-ring (bicyclic) bond motifs is 1. The lowest BCUT2D eigenvalue weighted by Gasteiger charge is -2.18. The number of para-hydroxylation sites is 1. The van der Waals surface area contributed by atoms with E-state index < -0.39 is 0 Å². The summed E-state index contributed by atoms with van der Waals surface area (Å²) < 4.78 is 0. The average Bonchev–Trinajstić information content (AvgIpc) is 2.82. The van der Waals surface area contributed by atoms with Crippen molar-refractivity contribution in [3.63, 3.8) is 0 Å². The van der Waals surface area contributed by atoms with Gasteiger partial charge in [-0.05, 0) is 31.4 Å². The van der Waals surface area contributed by atoms with Crippen molar-refractivity contribution in [2.75, 3.05) is 5.32 Å². The molecule has 0 aromatic heterocycles. The summed E-state index contributed by atoms with van der Waals surface area (Å²) in [6.45, 7) is 2.14. The van der Waals surface area contributed by atoms with Crippen LogP contribution in [0.15, 0.2) is 54.6 Å². The smallest absolute Gasteiger partial charge is 0.246 e. The Hall–Kier alpha value is -2.13. The summed E-state index contributed by atoms with van der Waals surface area (Å²) >= 11 is 0. The third-order valence-electron chi connectivity index (χ3n) is 3.95. The van der Waals surface area contributed by atoms with Gasteiger partial charge >= 0.3 is 0 Å². The van der Waals surface area contributed by atoms with Gasteiger partial charge in [-0.25, -0.2) is 0 Å². The van der Waals surface area contributed by atoms with E-state index in [0.29, 0.717) is 0 Å². The predicted octanol–water partition coefficient (Wildman–Crippen LogP) is 3.29. The molecular weight excluding hydrogens is 260 g/mol. The van der Waals surface area contributed by atoms with Gasteiger partial charge in [-0.15, -0.1) is 0 Å². The van der Waals surface area contributed by atoms with Gasteiger partial charge in [-0.2, -0.15) is 0 Å². The highest BCUT2D eigenvalue weighted by Crippen LogP contribution is 2.30. The quantitative estimate of drug-likeness (QED) is 0.882. The molecule has 0 bridgehead atoms. The molecule has 0 spiro atoms.